The molecule has 0 radical (unpaired) electrons. The van der Waals surface area contributed by atoms with Gasteiger partial charge in [-0.3, -0.25) is 0 Å². The van der Waals surface area contributed by atoms with Gasteiger partial charge in [0.25, 0.3) is 0 Å². The Labute approximate surface area is 299 Å². The van der Waals surface area contributed by atoms with Crippen molar-refractivity contribution in [2.45, 2.75) is 0 Å². The number of nitrogens with zero attached hydrogens (tertiary/aromatic N) is 2. The lowest BCUT2D eigenvalue weighted by atomic mass is 9.35. The molecule has 4 aliphatic heterocycles. The summed E-state index contributed by atoms with van der Waals surface area (Å²) in [5.74, 6) is 2.36. The van der Waals surface area contributed by atoms with Crippen molar-refractivity contribution in [2.24, 2.45) is 0 Å². The lowest BCUT2D eigenvalue weighted by molar-refractivity contribution is 1.17. The third-order valence-corrected chi connectivity index (χ3v) is 10.5. The highest BCUT2D eigenvalue weighted by Crippen LogP contribution is 2.52. The first kappa shape index (κ1) is 29.4. The van der Waals surface area contributed by atoms with Crippen molar-refractivity contribution in [1.29, 1.82) is 0 Å². The molecule has 51 heavy (non-hydrogen) atoms. The highest BCUT2D eigenvalue weighted by atomic mass is 15.1. The first-order chi connectivity index (χ1) is 25.3. The smallest absolute Gasteiger partial charge is 0.235 e. The summed E-state index contributed by atoms with van der Waals surface area (Å²) < 4.78 is 0. The van der Waals surface area contributed by atoms with Gasteiger partial charge in [-0.2, -0.15) is 0 Å². The van der Waals surface area contributed by atoms with E-state index in [0.29, 0.717) is 0 Å². The number of benzene rings is 6. The molecule has 0 spiro atoms. The number of hydrogen-bond donors (Lipinski definition) is 0. The van der Waals surface area contributed by atoms with Gasteiger partial charge in [0, 0.05) is 34.4 Å². The minimum Gasteiger partial charge on any atom is -0.316 e. The molecule has 4 heterocycles. The standard InChI is InChI=1S/C48H33BN2/c1-4-14-34(15-5-1)37-29-31-50-45-28-25-36(35-23-26-40(27-24-35)51(38-16-6-2-7-17-38)39-18-8-3-9-19-39)32-42(45)47-44-22-12-13-30-49(44)43-21-11-10-20-41(43)48(47)46(50)33-37/h1-33H. The second kappa shape index (κ2) is 12.1. The maximum absolute atomic E-state index is 2.41. The molecule has 238 valence electrons. The Hall–Kier alpha value is -6.58. The van der Waals surface area contributed by atoms with Gasteiger partial charge < -0.3 is 9.80 Å². The van der Waals surface area contributed by atoms with Gasteiger partial charge in [-0.1, -0.05) is 138 Å². The summed E-state index contributed by atoms with van der Waals surface area (Å²) in [6.45, 7) is 0.214. The molecule has 0 bridgehead atoms. The summed E-state index contributed by atoms with van der Waals surface area (Å²) in [7, 11) is 0. The molecule has 0 unspecified atom stereocenters. The van der Waals surface area contributed by atoms with Crippen molar-refractivity contribution >= 4 is 51.6 Å². The van der Waals surface area contributed by atoms with E-state index in [9.17, 15) is 0 Å². The van der Waals surface area contributed by atoms with E-state index in [4.69, 9.17) is 0 Å². The lowest BCUT2D eigenvalue weighted by Crippen LogP contribution is -2.40. The van der Waals surface area contributed by atoms with Crippen LogP contribution in [0, 0.1) is 0 Å². The molecule has 0 aromatic heterocycles. The predicted molar refractivity (Wildman–Crippen MR) is 217 cm³/mol. The maximum Gasteiger partial charge on any atom is 0.235 e. The Kier molecular flexibility index (Phi) is 6.95. The van der Waals surface area contributed by atoms with E-state index in [2.05, 4.69) is 210 Å². The van der Waals surface area contributed by atoms with E-state index in [1.54, 1.807) is 0 Å². The van der Waals surface area contributed by atoms with Gasteiger partial charge in [0.05, 0.1) is 11.4 Å². The first-order valence-corrected chi connectivity index (χ1v) is 17.6. The van der Waals surface area contributed by atoms with Gasteiger partial charge >= 0.3 is 0 Å². The van der Waals surface area contributed by atoms with Crippen molar-refractivity contribution in [2.75, 3.05) is 9.80 Å². The van der Waals surface area contributed by atoms with Gasteiger partial charge in [-0.15, -0.1) is 5.98 Å². The summed E-state index contributed by atoms with van der Waals surface area (Å²) in [6, 6.07) is 56.9. The summed E-state index contributed by atoms with van der Waals surface area (Å²) in [6.07, 6.45) is 13.6. The Morgan fingerprint density at radius 2 is 1.14 bits per heavy atom. The van der Waals surface area contributed by atoms with Crippen LogP contribution < -0.4 is 15.3 Å². The lowest BCUT2D eigenvalue weighted by Gasteiger charge is -2.40. The normalized spacial score (nSPS) is 15.1. The third-order valence-electron chi connectivity index (χ3n) is 10.5. The zero-order valence-electron chi connectivity index (χ0n) is 28.0. The summed E-state index contributed by atoms with van der Waals surface area (Å²) >= 11 is 0. The molecule has 0 atom stereocenters. The predicted octanol–water partition coefficient (Wildman–Crippen LogP) is 11.3. The molecule has 4 aliphatic rings. The monoisotopic (exact) mass is 648 g/mol. The molecule has 6 aromatic rings. The van der Waals surface area contributed by atoms with Crippen LogP contribution in [-0.2, 0) is 0 Å². The fraction of sp³-hybridized carbons (Fsp3) is 0. The van der Waals surface area contributed by atoms with E-state index < -0.39 is 0 Å². The molecule has 0 aliphatic carbocycles. The molecule has 0 saturated carbocycles. The van der Waals surface area contributed by atoms with Crippen LogP contribution in [0.4, 0.5) is 22.7 Å². The van der Waals surface area contributed by atoms with Gasteiger partial charge in [0.2, 0.25) is 6.71 Å². The summed E-state index contributed by atoms with van der Waals surface area (Å²) in [4.78, 5) is 4.70. The maximum atomic E-state index is 2.41. The first-order valence-electron chi connectivity index (χ1n) is 17.6. The second-order valence-corrected chi connectivity index (χ2v) is 13.3. The molecule has 6 aromatic carbocycles. The number of anilines is 4. The number of para-hydroxylation sites is 2. The van der Waals surface area contributed by atoms with Crippen LogP contribution in [0.1, 0.15) is 16.7 Å². The van der Waals surface area contributed by atoms with Gasteiger partial charge in [-0.05, 0) is 94.1 Å². The van der Waals surface area contributed by atoms with Crippen LogP contribution >= 0.6 is 0 Å². The molecule has 10 rings (SSSR count). The van der Waals surface area contributed by atoms with Crippen LogP contribution in [-0.4, -0.2) is 6.71 Å². The van der Waals surface area contributed by atoms with Crippen LogP contribution in [0.3, 0.4) is 0 Å². The zero-order chi connectivity index (χ0) is 33.7. The Morgan fingerprint density at radius 3 is 1.88 bits per heavy atom. The Bertz CT molecular complexity index is 2460. The molecule has 3 heteroatoms. The van der Waals surface area contributed by atoms with Crippen molar-refractivity contribution < 1.29 is 0 Å². The van der Waals surface area contributed by atoms with Gasteiger partial charge in [-0.25, -0.2) is 0 Å². The highest BCUT2D eigenvalue weighted by molar-refractivity contribution is 6.88. The summed E-state index contributed by atoms with van der Waals surface area (Å²) in [5, 5.41) is 0. The average molecular weight is 649 g/mol. The number of fused-ring (bicyclic) bond motifs is 9. The fourth-order valence-electron chi connectivity index (χ4n) is 8.13. The van der Waals surface area contributed by atoms with E-state index in [-0.39, 0.29) is 6.71 Å². The van der Waals surface area contributed by atoms with Gasteiger partial charge in [0.15, 0.2) is 0 Å². The van der Waals surface area contributed by atoms with Crippen LogP contribution in [0.25, 0.3) is 27.8 Å². The Balaban J connectivity index is 1.13. The van der Waals surface area contributed by atoms with Gasteiger partial charge in [0.1, 0.15) is 0 Å². The average Bonchev–Trinajstić information content (AvgIpc) is 3.22. The van der Waals surface area contributed by atoms with E-state index >= 15 is 0 Å². The zero-order valence-corrected chi connectivity index (χ0v) is 28.0. The number of rotatable bonds is 5. The van der Waals surface area contributed by atoms with Crippen molar-refractivity contribution in [3.63, 3.8) is 0 Å². The van der Waals surface area contributed by atoms with E-state index in [0.717, 1.165) is 17.1 Å². The largest absolute Gasteiger partial charge is 0.316 e. The fourth-order valence-corrected chi connectivity index (χ4v) is 8.13. The van der Waals surface area contributed by atoms with Crippen molar-refractivity contribution in [3.05, 3.63) is 228 Å². The van der Waals surface area contributed by atoms with Crippen LogP contribution in [0.5, 0.6) is 0 Å². The molecule has 2 nitrogen and oxygen atoms in total. The quantitative estimate of drug-likeness (QED) is 0.172. The molecule has 0 fully saturated rings. The molecule has 0 saturated heterocycles. The van der Waals surface area contributed by atoms with Crippen molar-refractivity contribution in [1.82, 2.24) is 0 Å². The third kappa shape index (κ3) is 4.89. The highest BCUT2D eigenvalue weighted by Gasteiger charge is 2.39. The van der Waals surface area contributed by atoms with Crippen LogP contribution in [0.15, 0.2) is 211 Å². The van der Waals surface area contributed by atoms with Crippen LogP contribution in [0.2, 0.25) is 0 Å². The minimum absolute atomic E-state index is 0.214. The second-order valence-electron chi connectivity index (χ2n) is 13.3. The SMILES string of the molecule is C1=CB2C(=C3C(=C4C=C(c5ccccc5)C=CN4c4ccc(-c5ccc(N(c6ccccc6)c6ccccc6)cc5)cc43)c3ccccc32)C=C1. The molecule has 0 N–H and O–H groups in total. The number of allylic oxidation sites excluding steroid dienone is 9. The minimum atomic E-state index is 0.214. The molecule has 0 amide bonds. The Morgan fingerprint density at radius 1 is 0.490 bits per heavy atom. The molecular weight excluding hydrogens is 615 g/mol. The summed E-state index contributed by atoms with van der Waals surface area (Å²) in [5.41, 5.74) is 18.6. The van der Waals surface area contributed by atoms with E-state index in [1.807, 2.05) is 0 Å². The van der Waals surface area contributed by atoms with Crippen molar-refractivity contribution in [3.8, 4) is 11.1 Å². The number of hydrogen-bond acceptors (Lipinski definition) is 2. The van der Waals surface area contributed by atoms with E-state index in [1.165, 1.54) is 66.9 Å². The topological polar surface area (TPSA) is 6.48 Å². The molecular formula is C48H33BN2.